The standard InChI is InChI=1S/C37H32N2S.CHF3O3S/c1-25-30-13-3-5-16-34(30)40-33(25)20-19-29-24-28-10-2-4-14-31(28)39-23-9-12-27-18-17-26-11-8-22-38-21-7-6-15-32(38)35(26)36(27)37(29)39;2-1(3,4)8(5,6)7/h2-7,10,13-21,24H,8-9,11-12,22-23H2,1H3;(H,5,6,7)/q+2;/b20-19+;. The molecule has 0 amide bonds. The third kappa shape index (κ3) is 5.93. The fraction of sp³-hybridized carbons (Fsp3) is 0.211. The number of hydrogen-bond acceptors (Lipinski definition) is 3. The van der Waals surface area contributed by atoms with Gasteiger partial charge in [-0.15, -0.1) is 11.3 Å². The lowest BCUT2D eigenvalue weighted by atomic mass is 9.87. The van der Waals surface area contributed by atoms with Crippen LogP contribution >= 0.6 is 11.3 Å². The molecule has 5 heterocycles. The van der Waals surface area contributed by atoms with Crippen LogP contribution in [0.2, 0.25) is 0 Å². The highest BCUT2D eigenvalue weighted by Gasteiger charge is 2.44. The van der Waals surface area contributed by atoms with Crippen molar-refractivity contribution in [2.24, 2.45) is 0 Å². The van der Waals surface area contributed by atoms with E-state index in [1.165, 1.54) is 77.1 Å². The molecule has 0 aliphatic carbocycles. The van der Waals surface area contributed by atoms with Crippen LogP contribution in [0.5, 0.6) is 0 Å². The SMILES string of the molecule is Cc1c(/C=C/c2cc3ccccc3[n+]3c2-c2c(ccc4c2-c2cccc[n+]2CCC4)CCC3)sc2ccccc12.O=S(=O)(O)C(F)(F)F. The van der Waals surface area contributed by atoms with Gasteiger partial charge in [-0.25, -0.2) is 0 Å². The van der Waals surface area contributed by atoms with Crippen LogP contribution < -0.4 is 9.13 Å². The second-order valence-electron chi connectivity index (χ2n) is 12.1. The van der Waals surface area contributed by atoms with E-state index in [2.05, 4.69) is 119 Å². The van der Waals surface area contributed by atoms with Gasteiger partial charge in [0.2, 0.25) is 16.9 Å². The molecule has 10 heteroatoms. The summed E-state index contributed by atoms with van der Waals surface area (Å²) in [5.41, 5.74) is 7.03. The van der Waals surface area contributed by atoms with Gasteiger partial charge < -0.3 is 0 Å². The maximum absolute atomic E-state index is 10.7. The average molecular weight is 687 g/mol. The Hall–Kier alpha value is -4.38. The third-order valence-electron chi connectivity index (χ3n) is 9.15. The Kier molecular flexibility index (Phi) is 8.43. The number of aromatic nitrogens is 2. The number of hydrogen-bond donors (Lipinski definition) is 1. The van der Waals surface area contributed by atoms with Gasteiger partial charge in [0.05, 0.1) is 11.1 Å². The molecule has 5 nitrogen and oxygen atoms in total. The van der Waals surface area contributed by atoms with Gasteiger partial charge in [-0.1, -0.05) is 42.5 Å². The lowest BCUT2D eigenvalue weighted by Crippen LogP contribution is -2.38. The van der Waals surface area contributed by atoms with Crippen molar-refractivity contribution in [3.8, 4) is 22.5 Å². The minimum atomic E-state index is -5.84. The molecule has 3 aromatic heterocycles. The van der Waals surface area contributed by atoms with Crippen molar-refractivity contribution in [2.75, 3.05) is 0 Å². The van der Waals surface area contributed by atoms with Crippen molar-refractivity contribution in [1.29, 1.82) is 0 Å². The molecule has 0 bridgehead atoms. The van der Waals surface area contributed by atoms with Crippen LogP contribution in [-0.4, -0.2) is 18.5 Å². The highest BCUT2D eigenvalue weighted by molar-refractivity contribution is 7.86. The van der Waals surface area contributed by atoms with Gasteiger partial charge in [0, 0.05) is 51.6 Å². The zero-order valence-electron chi connectivity index (χ0n) is 26.2. The lowest BCUT2D eigenvalue weighted by molar-refractivity contribution is -0.686. The Bertz CT molecular complexity index is 2340. The second kappa shape index (κ2) is 12.6. The fourth-order valence-electron chi connectivity index (χ4n) is 6.96. The molecule has 48 heavy (non-hydrogen) atoms. The second-order valence-corrected chi connectivity index (χ2v) is 14.6. The zero-order valence-corrected chi connectivity index (χ0v) is 27.8. The van der Waals surface area contributed by atoms with E-state index in [-0.39, 0.29) is 0 Å². The van der Waals surface area contributed by atoms with Gasteiger partial charge >= 0.3 is 15.6 Å². The number of fused-ring (bicyclic) bond motifs is 10. The first kappa shape index (κ1) is 32.2. The van der Waals surface area contributed by atoms with Gasteiger partial charge in [0.25, 0.3) is 0 Å². The summed E-state index contributed by atoms with van der Waals surface area (Å²) in [5, 5.41) is 2.67. The van der Waals surface area contributed by atoms with Crippen molar-refractivity contribution in [1.82, 2.24) is 0 Å². The summed E-state index contributed by atoms with van der Waals surface area (Å²) in [6, 6.07) is 31.7. The lowest BCUT2D eigenvalue weighted by Gasteiger charge is -2.15. The summed E-state index contributed by atoms with van der Waals surface area (Å²) in [4.78, 5) is 1.34. The van der Waals surface area contributed by atoms with Crippen molar-refractivity contribution in [2.45, 2.75) is 51.2 Å². The molecular weight excluding hydrogens is 654 g/mol. The molecule has 0 unspecified atom stereocenters. The Morgan fingerprint density at radius 1 is 0.833 bits per heavy atom. The van der Waals surface area contributed by atoms with E-state index in [1.807, 2.05) is 11.3 Å². The molecule has 8 rings (SSSR count). The molecule has 2 aliphatic rings. The van der Waals surface area contributed by atoms with Gasteiger partial charge in [-0.3, -0.25) is 4.55 Å². The Balaban J connectivity index is 0.000000408. The summed E-state index contributed by atoms with van der Waals surface area (Å²) >= 11 is 1.89. The summed E-state index contributed by atoms with van der Waals surface area (Å²) in [6.07, 6.45) is 11.5. The first-order valence-electron chi connectivity index (χ1n) is 15.8. The number of pyridine rings is 2. The summed E-state index contributed by atoms with van der Waals surface area (Å²) in [7, 11) is -5.84. The van der Waals surface area contributed by atoms with E-state index in [0.29, 0.717) is 0 Å². The molecule has 0 fully saturated rings. The van der Waals surface area contributed by atoms with Gasteiger partial charge in [-0.2, -0.15) is 30.7 Å². The highest BCUT2D eigenvalue weighted by atomic mass is 32.2. The third-order valence-corrected chi connectivity index (χ3v) is 11.0. The average Bonchev–Trinajstić information content (AvgIpc) is 3.18. The maximum Gasteiger partial charge on any atom is 0.522 e. The van der Waals surface area contributed by atoms with Crippen molar-refractivity contribution in [3.63, 3.8) is 0 Å². The number of para-hydroxylation sites is 1. The first-order valence-corrected chi connectivity index (χ1v) is 18.1. The van der Waals surface area contributed by atoms with Crippen LogP contribution in [0.1, 0.15) is 40.0 Å². The Morgan fingerprint density at radius 3 is 2.25 bits per heavy atom. The number of benzene rings is 3. The quantitative estimate of drug-likeness (QED) is 0.113. The van der Waals surface area contributed by atoms with Crippen LogP contribution in [0.15, 0.2) is 91.1 Å². The Labute approximate surface area is 281 Å². The molecule has 6 aromatic rings. The first-order chi connectivity index (χ1) is 23.0. The van der Waals surface area contributed by atoms with Crippen LogP contribution in [0.25, 0.3) is 55.7 Å². The highest BCUT2D eigenvalue weighted by Crippen LogP contribution is 2.41. The van der Waals surface area contributed by atoms with Crippen LogP contribution in [0.3, 0.4) is 0 Å². The summed E-state index contributed by atoms with van der Waals surface area (Å²) in [6.45, 7) is 4.35. The molecule has 3 aromatic carbocycles. The van der Waals surface area contributed by atoms with Crippen molar-refractivity contribution in [3.05, 3.63) is 118 Å². The molecule has 0 saturated heterocycles. The van der Waals surface area contributed by atoms with Crippen molar-refractivity contribution >= 4 is 54.6 Å². The molecule has 0 radical (unpaired) electrons. The number of rotatable bonds is 2. The normalized spacial score (nSPS) is 14.4. The van der Waals surface area contributed by atoms with Crippen molar-refractivity contribution < 1.29 is 35.3 Å². The van der Waals surface area contributed by atoms with E-state index in [4.69, 9.17) is 13.0 Å². The summed E-state index contributed by atoms with van der Waals surface area (Å²) < 4.78 is 64.0. The van der Waals surface area contributed by atoms with Crippen LogP contribution in [0, 0.1) is 6.92 Å². The largest absolute Gasteiger partial charge is 0.522 e. The number of alkyl halides is 3. The van der Waals surface area contributed by atoms with E-state index < -0.39 is 15.6 Å². The molecule has 0 saturated carbocycles. The molecule has 244 valence electrons. The number of aryl methyl sites for hydroxylation is 5. The Morgan fingerprint density at radius 2 is 1.50 bits per heavy atom. The molecule has 0 spiro atoms. The molecule has 1 N–H and O–H groups in total. The molecule has 2 aliphatic heterocycles. The van der Waals surface area contributed by atoms with E-state index in [1.54, 1.807) is 0 Å². The minimum Gasteiger partial charge on any atom is -0.279 e. The minimum absolute atomic E-state index is 1.03. The van der Waals surface area contributed by atoms with Gasteiger partial charge in [0.1, 0.15) is 13.1 Å². The van der Waals surface area contributed by atoms with E-state index >= 15 is 0 Å². The summed E-state index contributed by atoms with van der Waals surface area (Å²) in [5.74, 6) is 0. The monoisotopic (exact) mass is 686 g/mol. The van der Waals surface area contributed by atoms with Gasteiger partial charge in [-0.05, 0) is 78.3 Å². The zero-order chi connectivity index (χ0) is 33.6. The smallest absolute Gasteiger partial charge is 0.279 e. The maximum atomic E-state index is 10.7. The number of thiophene rings is 1. The predicted octanol–water partition coefficient (Wildman–Crippen LogP) is 8.73. The number of halogens is 3. The van der Waals surface area contributed by atoms with Crippen LogP contribution in [0.4, 0.5) is 13.2 Å². The molecule has 0 atom stereocenters. The predicted molar refractivity (Wildman–Crippen MR) is 185 cm³/mol. The van der Waals surface area contributed by atoms with Crippen LogP contribution in [-0.2, 0) is 36.0 Å². The van der Waals surface area contributed by atoms with E-state index in [9.17, 15) is 13.2 Å². The van der Waals surface area contributed by atoms with E-state index in [0.717, 1.165) is 32.4 Å². The van der Waals surface area contributed by atoms with Gasteiger partial charge in [0.15, 0.2) is 6.20 Å². The molecular formula is C38H33F3N2O3S2+2. The topological polar surface area (TPSA) is 62.1 Å². The fourth-order valence-corrected chi connectivity index (χ4v) is 8.07. The number of nitrogens with zero attached hydrogens (tertiary/aromatic N) is 2.